The number of esters is 1. The lowest BCUT2D eigenvalue weighted by atomic mass is 10.1. The van der Waals surface area contributed by atoms with Crippen LogP contribution in [-0.2, 0) is 19.1 Å². The topological polar surface area (TPSA) is 75.7 Å². The van der Waals surface area contributed by atoms with Crippen LogP contribution in [0.25, 0.3) is 0 Å². The van der Waals surface area contributed by atoms with E-state index in [-0.39, 0.29) is 18.9 Å². The zero-order chi connectivity index (χ0) is 21.1. The van der Waals surface area contributed by atoms with Gasteiger partial charge in [-0.2, -0.15) is 0 Å². The van der Waals surface area contributed by atoms with Crippen molar-refractivity contribution < 1.29 is 19.1 Å². The lowest BCUT2D eigenvalue weighted by Gasteiger charge is -2.19. The third-order valence-corrected chi connectivity index (χ3v) is 5.69. The number of rotatable bonds is 5. The van der Waals surface area contributed by atoms with Crippen molar-refractivity contribution in [1.82, 2.24) is 0 Å². The Morgan fingerprint density at radius 2 is 1.76 bits per heavy atom. The summed E-state index contributed by atoms with van der Waals surface area (Å²) in [6.45, 7) is 3.35. The van der Waals surface area contributed by atoms with Crippen LogP contribution in [0.1, 0.15) is 17.5 Å². The van der Waals surface area contributed by atoms with Crippen LogP contribution in [0.3, 0.4) is 0 Å². The van der Waals surface area contributed by atoms with Gasteiger partial charge >= 0.3 is 5.97 Å². The van der Waals surface area contributed by atoms with Gasteiger partial charge in [-0.15, -0.1) is 0 Å². The number of nitrogens with one attached hydrogen (secondary N) is 1. The number of ether oxygens (including phenoxy) is 1. The fourth-order valence-corrected chi connectivity index (χ4v) is 3.51. The lowest BCUT2D eigenvalue weighted by molar-refractivity contribution is -0.151. The third kappa shape index (κ3) is 4.71. The molecule has 0 radical (unpaired) electrons. The van der Waals surface area contributed by atoms with Gasteiger partial charge in [0, 0.05) is 34.4 Å². The number of carbonyl (C=O) groups excluding carboxylic acids is 3. The monoisotopic (exact) mass is 434 g/mol. The van der Waals surface area contributed by atoms with E-state index in [1.165, 1.54) is 4.90 Å². The number of anilines is 2. The molecule has 3 rings (SSSR count). The fraction of sp³-hybridized carbons (Fsp3) is 0.286. The first-order valence-electron chi connectivity index (χ1n) is 9.05. The molecule has 6 nitrogen and oxygen atoms in total. The molecule has 2 amide bonds. The molecular formula is C21H20Cl2N2O4. The normalized spacial score (nSPS) is 16.1. The molecule has 1 aliphatic heterocycles. The summed E-state index contributed by atoms with van der Waals surface area (Å²) in [6.07, 6.45) is 0.0276. The van der Waals surface area contributed by atoms with Gasteiger partial charge in [0.15, 0.2) is 6.61 Å². The lowest BCUT2D eigenvalue weighted by Crippen LogP contribution is -2.28. The fourth-order valence-electron chi connectivity index (χ4n) is 3.17. The summed E-state index contributed by atoms with van der Waals surface area (Å²) >= 11 is 12.2. The van der Waals surface area contributed by atoms with Gasteiger partial charge in [0.2, 0.25) is 5.91 Å². The molecule has 0 aromatic heterocycles. The summed E-state index contributed by atoms with van der Waals surface area (Å²) < 4.78 is 5.13. The maximum atomic E-state index is 12.4. The van der Waals surface area contributed by atoms with Crippen LogP contribution in [-0.4, -0.2) is 30.9 Å². The van der Waals surface area contributed by atoms with Crippen LogP contribution in [0.5, 0.6) is 0 Å². The first-order chi connectivity index (χ1) is 13.8. The van der Waals surface area contributed by atoms with E-state index in [9.17, 15) is 14.4 Å². The number of carbonyl (C=O) groups is 3. The molecule has 1 atom stereocenters. The summed E-state index contributed by atoms with van der Waals surface area (Å²) in [5, 5.41) is 3.74. The first kappa shape index (κ1) is 21.1. The molecule has 1 saturated heterocycles. The van der Waals surface area contributed by atoms with E-state index in [0.29, 0.717) is 21.4 Å². The maximum Gasteiger partial charge on any atom is 0.311 e. The molecule has 1 N–H and O–H groups in total. The molecule has 2 aromatic carbocycles. The highest BCUT2D eigenvalue weighted by atomic mass is 35.5. The van der Waals surface area contributed by atoms with Crippen LogP contribution in [0.2, 0.25) is 10.0 Å². The quantitative estimate of drug-likeness (QED) is 0.717. The van der Waals surface area contributed by atoms with Crippen molar-refractivity contribution in [3.8, 4) is 0 Å². The minimum atomic E-state index is -0.637. The van der Waals surface area contributed by atoms with Gasteiger partial charge < -0.3 is 15.0 Å². The molecule has 8 heteroatoms. The van der Waals surface area contributed by atoms with E-state index in [0.717, 1.165) is 11.1 Å². The highest BCUT2D eigenvalue weighted by Gasteiger charge is 2.37. The summed E-state index contributed by atoms with van der Waals surface area (Å²) in [5.74, 6) is -1.88. The Hall–Kier alpha value is -2.57. The minimum absolute atomic E-state index is 0.0276. The Labute approximate surface area is 178 Å². The molecule has 29 heavy (non-hydrogen) atoms. The number of nitrogens with zero attached hydrogens (tertiary/aromatic N) is 1. The van der Waals surface area contributed by atoms with E-state index in [4.69, 9.17) is 27.9 Å². The second-order valence-electron chi connectivity index (χ2n) is 6.86. The predicted molar refractivity (Wildman–Crippen MR) is 112 cm³/mol. The largest absolute Gasteiger partial charge is 0.455 e. The molecule has 1 aliphatic rings. The molecule has 0 aliphatic carbocycles. The van der Waals surface area contributed by atoms with Crippen LogP contribution < -0.4 is 10.2 Å². The second-order valence-corrected chi connectivity index (χ2v) is 7.67. The van der Waals surface area contributed by atoms with Gasteiger partial charge in [0.25, 0.3) is 5.91 Å². The van der Waals surface area contributed by atoms with Gasteiger partial charge in [-0.3, -0.25) is 14.4 Å². The Morgan fingerprint density at radius 1 is 1.10 bits per heavy atom. The Bertz CT molecular complexity index is 977. The smallest absolute Gasteiger partial charge is 0.311 e. The molecule has 2 aromatic rings. The van der Waals surface area contributed by atoms with Crippen molar-refractivity contribution in [3.05, 3.63) is 57.6 Å². The van der Waals surface area contributed by atoms with Crippen molar-refractivity contribution >= 4 is 52.4 Å². The van der Waals surface area contributed by atoms with Gasteiger partial charge in [-0.1, -0.05) is 35.3 Å². The molecule has 0 saturated carbocycles. The molecule has 0 spiro atoms. The Kier molecular flexibility index (Phi) is 6.45. The standard InChI is InChI=1S/C21H20Cl2N2O4/c1-12-15(22)5-3-7-17(12)24-19(26)11-29-21(28)14-9-20(27)25(10-14)18-8-4-6-16(23)13(18)2/h3-8,14H,9-11H2,1-2H3,(H,24,26)/t14-/m1/s1. The average molecular weight is 435 g/mol. The summed E-state index contributed by atoms with van der Waals surface area (Å²) in [7, 11) is 0. The molecule has 0 bridgehead atoms. The minimum Gasteiger partial charge on any atom is -0.455 e. The summed E-state index contributed by atoms with van der Waals surface area (Å²) in [6, 6.07) is 10.4. The summed E-state index contributed by atoms with van der Waals surface area (Å²) in [5.41, 5.74) is 2.72. The zero-order valence-corrected chi connectivity index (χ0v) is 17.5. The predicted octanol–water partition coefficient (Wildman–Crippen LogP) is 4.15. The highest BCUT2D eigenvalue weighted by Crippen LogP contribution is 2.31. The number of amides is 2. The SMILES string of the molecule is Cc1c(Cl)cccc1NC(=O)COC(=O)[C@@H]1CC(=O)N(c2cccc(Cl)c2C)C1. The van der Waals surface area contributed by atoms with E-state index >= 15 is 0 Å². The summed E-state index contributed by atoms with van der Waals surface area (Å²) in [4.78, 5) is 38.4. The van der Waals surface area contributed by atoms with Crippen LogP contribution in [0, 0.1) is 19.8 Å². The molecule has 1 fully saturated rings. The molecule has 1 heterocycles. The van der Waals surface area contributed by atoms with Gasteiger partial charge in [-0.25, -0.2) is 0 Å². The van der Waals surface area contributed by atoms with Crippen LogP contribution in [0.4, 0.5) is 11.4 Å². The molecular weight excluding hydrogens is 415 g/mol. The number of benzene rings is 2. The Morgan fingerprint density at radius 3 is 2.48 bits per heavy atom. The maximum absolute atomic E-state index is 12.4. The van der Waals surface area contributed by atoms with E-state index in [2.05, 4.69) is 5.32 Å². The van der Waals surface area contributed by atoms with Crippen LogP contribution in [0.15, 0.2) is 36.4 Å². The van der Waals surface area contributed by atoms with E-state index in [1.807, 2.05) is 6.92 Å². The average Bonchev–Trinajstić information content (AvgIpc) is 3.07. The van der Waals surface area contributed by atoms with Crippen molar-refractivity contribution in [2.45, 2.75) is 20.3 Å². The number of hydrogen-bond donors (Lipinski definition) is 1. The van der Waals surface area contributed by atoms with E-state index in [1.54, 1.807) is 43.3 Å². The van der Waals surface area contributed by atoms with Crippen molar-refractivity contribution in [1.29, 1.82) is 0 Å². The molecule has 0 unspecified atom stereocenters. The van der Waals surface area contributed by atoms with Crippen LogP contribution >= 0.6 is 23.2 Å². The van der Waals surface area contributed by atoms with Gasteiger partial charge in [0.05, 0.1) is 5.92 Å². The van der Waals surface area contributed by atoms with Crippen molar-refractivity contribution in [3.63, 3.8) is 0 Å². The zero-order valence-electron chi connectivity index (χ0n) is 16.0. The number of halogens is 2. The Balaban J connectivity index is 1.57. The van der Waals surface area contributed by atoms with Gasteiger partial charge in [0.1, 0.15) is 0 Å². The number of hydrogen-bond acceptors (Lipinski definition) is 4. The second kappa shape index (κ2) is 8.84. The van der Waals surface area contributed by atoms with Crippen molar-refractivity contribution in [2.75, 3.05) is 23.4 Å². The van der Waals surface area contributed by atoms with Gasteiger partial charge in [-0.05, 0) is 49.2 Å². The molecule has 152 valence electrons. The van der Waals surface area contributed by atoms with Crippen molar-refractivity contribution in [2.24, 2.45) is 5.92 Å². The third-order valence-electron chi connectivity index (χ3n) is 4.88. The first-order valence-corrected chi connectivity index (χ1v) is 9.80. The highest BCUT2D eigenvalue weighted by molar-refractivity contribution is 6.32. The van der Waals surface area contributed by atoms with E-state index < -0.39 is 24.4 Å².